The second-order valence-corrected chi connectivity index (χ2v) is 6.32. The van der Waals surface area contributed by atoms with E-state index in [2.05, 4.69) is 10.3 Å². The van der Waals surface area contributed by atoms with E-state index in [9.17, 15) is 23.4 Å². The molecule has 0 saturated heterocycles. The Kier molecular flexibility index (Phi) is 5.27. The fraction of sp³-hybridized carbons (Fsp3) is 0.294. The Bertz CT molecular complexity index is 951. The minimum Gasteiger partial charge on any atom is -0.391 e. The average Bonchev–Trinajstić information content (AvgIpc) is 3.17. The molecule has 2 N–H and O–H groups in total. The standard InChI is InChI=1S/C17H15ClF3N3O3/c1-9(26)7-24-16(17(19,20)21)11(6-22-24)15-12(8-25)14(23-27-15)10-4-2-3-5-13(10)18/h2-6,9,25-26H,7-8H2,1H3/t9-/m0/s1. The van der Waals surface area contributed by atoms with E-state index in [1.807, 2.05) is 0 Å². The monoisotopic (exact) mass is 401 g/mol. The minimum atomic E-state index is -4.76. The topological polar surface area (TPSA) is 84.3 Å². The zero-order valence-corrected chi connectivity index (χ0v) is 14.8. The van der Waals surface area contributed by atoms with Crippen LogP contribution in [0.1, 0.15) is 18.2 Å². The van der Waals surface area contributed by atoms with Crippen LogP contribution in [0.5, 0.6) is 0 Å². The van der Waals surface area contributed by atoms with Crippen molar-refractivity contribution in [2.24, 2.45) is 0 Å². The molecule has 0 bridgehead atoms. The highest BCUT2D eigenvalue weighted by atomic mass is 35.5. The summed E-state index contributed by atoms with van der Waals surface area (Å²) in [5.41, 5.74) is -0.846. The summed E-state index contributed by atoms with van der Waals surface area (Å²) in [4.78, 5) is 0. The van der Waals surface area contributed by atoms with Gasteiger partial charge in [0.05, 0.1) is 41.6 Å². The molecule has 3 aromatic rings. The third kappa shape index (κ3) is 3.71. The van der Waals surface area contributed by atoms with E-state index in [0.29, 0.717) is 15.3 Å². The molecular weight excluding hydrogens is 387 g/mol. The first-order chi connectivity index (χ1) is 12.7. The molecule has 0 fully saturated rings. The van der Waals surface area contributed by atoms with Crippen LogP contribution >= 0.6 is 11.6 Å². The van der Waals surface area contributed by atoms with Crippen LogP contribution in [0, 0.1) is 0 Å². The third-order valence-corrected chi connectivity index (χ3v) is 4.19. The summed E-state index contributed by atoms with van der Waals surface area (Å²) in [5, 5.41) is 27.0. The van der Waals surface area contributed by atoms with Gasteiger partial charge in [0, 0.05) is 5.56 Å². The van der Waals surface area contributed by atoms with Gasteiger partial charge in [-0.05, 0) is 13.0 Å². The molecule has 6 nitrogen and oxygen atoms in total. The number of aromatic nitrogens is 3. The van der Waals surface area contributed by atoms with E-state index >= 15 is 0 Å². The molecule has 0 aliphatic carbocycles. The highest BCUT2D eigenvalue weighted by Gasteiger charge is 2.40. The first kappa shape index (κ1) is 19.4. The molecule has 0 aliphatic heterocycles. The summed E-state index contributed by atoms with van der Waals surface area (Å²) in [6.45, 7) is 0.387. The number of halogens is 4. The van der Waals surface area contributed by atoms with Crippen LogP contribution in [0.3, 0.4) is 0 Å². The predicted octanol–water partition coefficient (Wildman–Crippen LogP) is 3.75. The number of hydrogen-bond acceptors (Lipinski definition) is 5. The molecule has 27 heavy (non-hydrogen) atoms. The number of hydrogen-bond donors (Lipinski definition) is 2. The van der Waals surface area contributed by atoms with Crippen molar-refractivity contribution in [2.45, 2.75) is 32.4 Å². The van der Waals surface area contributed by atoms with Crippen LogP contribution < -0.4 is 0 Å². The van der Waals surface area contributed by atoms with E-state index in [4.69, 9.17) is 16.1 Å². The zero-order chi connectivity index (χ0) is 19.8. The molecule has 0 radical (unpaired) electrons. The first-order valence-corrected chi connectivity index (χ1v) is 8.27. The van der Waals surface area contributed by atoms with Gasteiger partial charge in [0.25, 0.3) is 0 Å². The lowest BCUT2D eigenvalue weighted by Crippen LogP contribution is -2.20. The second kappa shape index (κ2) is 7.34. The van der Waals surface area contributed by atoms with Gasteiger partial charge in [0.1, 0.15) is 5.69 Å². The van der Waals surface area contributed by atoms with E-state index in [1.54, 1.807) is 24.3 Å². The quantitative estimate of drug-likeness (QED) is 0.680. The molecule has 0 saturated carbocycles. The SMILES string of the molecule is C[C@H](O)Cn1ncc(-c2onc(-c3ccccc3Cl)c2CO)c1C(F)(F)F. The number of benzene rings is 1. The maximum Gasteiger partial charge on any atom is 0.433 e. The number of aliphatic hydroxyl groups excluding tert-OH is 2. The fourth-order valence-corrected chi connectivity index (χ4v) is 3.00. The van der Waals surface area contributed by atoms with E-state index in [1.165, 1.54) is 6.92 Å². The van der Waals surface area contributed by atoms with E-state index < -0.39 is 24.6 Å². The molecule has 144 valence electrons. The van der Waals surface area contributed by atoms with Gasteiger partial charge >= 0.3 is 6.18 Å². The summed E-state index contributed by atoms with van der Waals surface area (Å²) in [7, 11) is 0. The smallest absolute Gasteiger partial charge is 0.391 e. The number of nitrogens with zero attached hydrogens (tertiary/aromatic N) is 3. The van der Waals surface area contributed by atoms with Crippen LogP contribution in [0.15, 0.2) is 35.0 Å². The van der Waals surface area contributed by atoms with Crippen LogP contribution in [0.25, 0.3) is 22.6 Å². The van der Waals surface area contributed by atoms with Crippen molar-refractivity contribution in [2.75, 3.05) is 0 Å². The number of aliphatic hydroxyl groups is 2. The molecule has 0 amide bonds. The number of rotatable bonds is 5. The lowest BCUT2D eigenvalue weighted by molar-refractivity contribution is -0.144. The van der Waals surface area contributed by atoms with E-state index in [-0.39, 0.29) is 29.1 Å². The molecule has 10 heteroatoms. The van der Waals surface area contributed by atoms with Crippen LogP contribution in [0.4, 0.5) is 13.2 Å². The molecule has 2 heterocycles. The molecule has 0 spiro atoms. The van der Waals surface area contributed by atoms with Gasteiger partial charge in [-0.15, -0.1) is 0 Å². The summed E-state index contributed by atoms with van der Waals surface area (Å²) in [6, 6.07) is 6.57. The van der Waals surface area contributed by atoms with Gasteiger partial charge in [-0.2, -0.15) is 18.3 Å². The minimum absolute atomic E-state index is 0.0604. The van der Waals surface area contributed by atoms with Crippen molar-refractivity contribution in [3.05, 3.63) is 46.7 Å². The van der Waals surface area contributed by atoms with Gasteiger partial charge in [0.15, 0.2) is 11.5 Å². The van der Waals surface area contributed by atoms with Crippen molar-refractivity contribution < 1.29 is 27.9 Å². The van der Waals surface area contributed by atoms with Crippen molar-refractivity contribution in [3.8, 4) is 22.6 Å². The Morgan fingerprint density at radius 1 is 1.26 bits per heavy atom. The normalized spacial score (nSPS) is 13.1. The van der Waals surface area contributed by atoms with Gasteiger partial charge in [-0.3, -0.25) is 4.68 Å². The highest BCUT2D eigenvalue weighted by Crippen LogP contribution is 2.41. The zero-order valence-electron chi connectivity index (χ0n) is 14.0. The highest BCUT2D eigenvalue weighted by molar-refractivity contribution is 6.33. The van der Waals surface area contributed by atoms with Gasteiger partial charge in [-0.1, -0.05) is 35.0 Å². The Morgan fingerprint density at radius 3 is 2.56 bits per heavy atom. The Balaban J connectivity index is 2.19. The summed E-state index contributed by atoms with van der Waals surface area (Å²) in [5.74, 6) is -0.253. The second-order valence-electron chi connectivity index (χ2n) is 5.91. The molecule has 3 rings (SSSR count). The summed E-state index contributed by atoms with van der Waals surface area (Å²) >= 11 is 6.12. The van der Waals surface area contributed by atoms with Crippen molar-refractivity contribution >= 4 is 11.6 Å². The van der Waals surface area contributed by atoms with Crippen LogP contribution in [-0.4, -0.2) is 31.3 Å². The molecule has 0 unspecified atom stereocenters. The van der Waals surface area contributed by atoms with Gasteiger partial charge < -0.3 is 14.7 Å². The molecule has 0 aliphatic rings. The fourth-order valence-electron chi connectivity index (χ4n) is 2.77. The average molecular weight is 402 g/mol. The van der Waals surface area contributed by atoms with Crippen molar-refractivity contribution in [3.63, 3.8) is 0 Å². The Hall–Kier alpha value is -2.36. The lowest BCUT2D eigenvalue weighted by Gasteiger charge is -2.13. The first-order valence-electron chi connectivity index (χ1n) is 7.89. The molecule has 1 aromatic carbocycles. The maximum absolute atomic E-state index is 13.6. The van der Waals surface area contributed by atoms with Crippen LogP contribution in [-0.2, 0) is 19.3 Å². The molecule has 2 aromatic heterocycles. The summed E-state index contributed by atoms with van der Waals surface area (Å²) in [6.07, 6.45) is -4.82. The Labute approximate surface area is 156 Å². The van der Waals surface area contributed by atoms with E-state index in [0.717, 1.165) is 6.20 Å². The third-order valence-electron chi connectivity index (χ3n) is 3.86. The van der Waals surface area contributed by atoms with Crippen molar-refractivity contribution in [1.82, 2.24) is 14.9 Å². The lowest BCUT2D eigenvalue weighted by atomic mass is 10.0. The predicted molar refractivity (Wildman–Crippen MR) is 90.8 cm³/mol. The number of alkyl halides is 3. The van der Waals surface area contributed by atoms with Crippen LogP contribution in [0.2, 0.25) is 5.02 Å². The van der Waals surface area contributed by atoms with Crippen molar-refractivity contribution in [1.29, 1.82) is 0 Å². The maximum atomic E-state index is 13.6. The Morgan fingerprint density at radius 2 is 1.96 bits per heavy atom. The summed E-state index contributed by atoms with van der Waals surface area (Å²) < 4.78 is 46.7. The van der Waals surface area contributed by atoms with Gasteiger partial charge in [-0.25, -0.2) is 0 Å². The largest absolute Gasteiger partial charge is 0.433 e. The molecule has 1 atom stereocenters. The van der Waals surface area contributed by atoms with Gasteiger partial charge in [0.2, 0.25) is 0 Å². The molecular formula is C17H15ClF3N3O3.